The number of nitrogens with one attached hydrogen (secondary N) is 2. The standard InChI is InChI=1S/C17H24N4O/c1-9(2)15-20-14-12(5-6-18-17(14)22)16(21-15)19-13-8-10-3-4-11(13)7-10/h9-11,13H,3-8H2,1-2H3,(H,18,22)(H,19,20,21)/t10-,11+,13-/m1/s1. The highest BCUT2D eigenvalue weighted by atomic mass is 16.1. The van der Waals surface area contributed by atoms with Crippen molar-refractivity contribution in [1.29, 1.82) is 0 Å². The van der Waals surface area contributed by atoms with E-state index in [0.29, 0.717) is 18.3 Å². The Morgan fingerprint density at radius 3 is 2.77 bits per heavy atom. The molecule has 3 aliphatic rings. The fraction of sp³-hybridized carbons (Fsp3) is 0.706. The molecule has 118 valence electrons. The van der Waals surface area contributed by atoms with E-state index in [2.05, 4.69) is 29.5 Å². The minimum Gasteiger partial charge on any atom is -0.367 e. The molecule has 2 bridgehead atoms. The zero-order valence-corrected chi connectivity index (χ0v) is 13.4. The molecule has 0 saturated heterocycles. The van der Waals surface area contributed by atoms with Gasteiger partial charge in [-0.25, -0.2) is 9.97 Å². The summed E-state index contributed by atoms with van der Waals surface area (Å²) < 4.78 is 0. The summed E-state index contributed by atoms with van der Waals surface area (Å²) >= 11 is 0. The number of carbonyl (C=O) groups is 1. The number of fused-ring (bicyclic) bond motifs is 3. The van der Waals surface area contributed by atoms with Crippen molar-refractivity contribution in [3.8, 4) is 0 Å². The van der Waals surface area contributed by atoms with Gasteiger partial charge in [-0.05, 0) is 37.5 Å². The van der Waals surface area contributed by atoms with Gasteiger partial charge in [-0.3, -0.25) is 4.79 Å². The number of nitrogens with zero attached hydrogens (tertiary/aromatic N) is 2. The topological polar surface area (TPSA) is 66.9 Å². The summed E-state index contributed by atoms with van der Waals surface area (Å²) in [4.78, 5) is 21.4. The molecule has 2 aliphatic carbocycles. The highest BCUT2D eigenvalue weighted by molar-refractivity contribution is 5.96. The van der Waals surface area contributed by atoms with Crippen LogP contribution in [-0.4, -0.2) is 28.5 Å². The van der Waals surface area contributed by atoms with Crippen LogP contribution >= 0.6 is 0 Å². The molecule has 5 nitrogen and oxygen atoms in total. The van der Waals surface area contributed by atoms with Gasteiger partial charge < -0.3 is 10.6 Å². The number of hydrogen-bond donors (Lipinski definition) is 2. The largest absolute Gasteiger partial charge is 0.367 e. The Morgan fingerprint density at radius 2 is 2.09 bits per heavy atom. The molecule has 1 aromatic heterocycles. The summed E-state index contributed by atoms with van der Waals surface area (Å²) in [7, 11) is 0. The third-order valence-corrected chi connectivity index (χ3v) is 5.48. The number of anilines is 1. The molecule has 0 radical (unpaired) electrons. The van der Waals surface area contributed by atoms with Gasteiger partial charge >= 0.3 is 0 Å². The Labute approximate surface area is 131 Å². The van der Waals surface area contributed by atoms with E-state index in [1.165, 1.54) is 25.7 Å². The normalized spacial score (nSPS) is 29.6. The molecule has 5 heteroatoms. The number of amides is 1. The number of aromatic nitrogens is 2. The van der Waals surface area contributed by atoms with Crippen LogP contribution in [0.2, 0.25) is 0 Å². The molecule has 1 amide bonds. The molecule has 3 atom stereocenters. The Hall–Kier alpha value is -1.65. The maximum absolute atomic E-state index is 12.1. The smallest absolute Gasteiger partial charge is 0.270 e. The summed E-state index contributed by atoms with van der Waals surface area (Å²) in [5.41, 5.74) is 1.59. The molecular weight excluding hydrogens is 276 g/mol. The van der Waals surface area contributed by atoms with Gasteiger partial charge in [0, 0.05) is 24.1 Å². The van der Waals surface area contributed by atoms with Crippen LogP contribution in [0.15, 0.2) is 0 Å². The molecule has 4 rings (SSSR count). The van der Waals surface area contributed by atoms with E-state index in [1.54, 1.807) is 0 Å². The van der Waals surface area contributed by atoms with Crippen molar-refractivity contribution in [3.63, 3.8) is 0 Å². The zero-order valence-electron chi connectivity index (χ0n) is 13.4. The van der Waals surface area contributed by atoms with Crippen LogP contribution in [0.5, 0.6) is 0 Å². The highest BCUT2D eigenvalue weighted by Crippen LogP contribution is 2.45. The molecule has 2 fully saturated rings. The minimum absolute atomic E-state index is 0.0541. The maximum atomic E-state index is 12.1. The second-order valence-corrected chi connectivity index (χ2v) is 7.34. The Kier molecular flexibility index (Phi) is 3.31. The van der Waals surface area contributed by atoms with Crippen LogP contribution < -0.4 is 10.6 Å². The SMILES string of the molecule is CC(C)c1nc(N[C@@H]2C[C@@H]3CC[C@H]2C3)c2c(n1)C(=O)NCC2. The zero-order chi connectivity index (χ0) is 15.3. The van der Waals surface area contributed by atoms with Crippen molar-refractivity contribution < 1.29 is 4.79 Å². The van der Waals surface area contributed by atoms with Crippen LogP contribution in [0.1, 0.15) is 67.3 Å². The third kappa shape index (κ3) is 2.27. The first-order valence-corrected chi connectivity index (χ1v) is 8.57. The van der Waals surface area contributed by atoms with Gasteiger partial charge in [0.15, 0.2) is 0 Å². The van der Waals surface area contributed by atoms with Crippen LogP contribution in [0, 0.1) is 11.8 Å². The van der Waals surface area contributed by atoms with E-state index in [1.807, 2.05) is 0 Å². The van der Waals surface area contributed by atoms with Gasteiger partial charge in [0.05, 0.1) is 0 Å². The first-order valence-electron chi connectivity index (χ1n) is 8.57. The molecule has 0 spiro atoms. The number of carbonyl (C=O) groups excluding carboxylic acids is 1. The van der Waals surface area contributed by atoms with Gasteiger partial charge in [0.25, 0.3) is 5.91 Å². The van der Waals surface area contributed by atoms with Crippen LogP contribution in [-0.2, 0) is 6.42 Å². The Morgan fingerprint density at radius 1 is 1.23 bits per heavy atom. The second-order valence-electron chi connectivity index (χ2n) is 7.34. The van der Waals surface area contributed by atoms with Gasteiger partial charge in [0.1, 0.15) is 17.3 Å². The summed E-state index contributed by atoms with van der Waals surface area (Å²) in [6, 6.07) is 0.530. The van der Waals surface area contributed by atoms with E-state index in [9.17, 15) is 4.79 Å². The minimum atomic E-state index is -0.0541. The summed E-state index contributed by atoms with van der Waals surface area (Å²) in [5.74, 6) is 3.54. The van der Waals surface area contributed by atoms with E-state index in [-0.39, 0.29) is 11.8 Å². The summed E-state index contributed by atoms with van der Waals surface area (Å²) in [6.45, 7) is 4.83. The first-order chi connectivity index (χ1) is 10.6. The number of rotatable bonds is 3. The summed E-state index contributed by atoms with van der Waals surface area (Å²) in [5, 5.41) is 6.58. The van der Waals surface area contributed by atoms with Crippen molar-refractivity contribution in [3.05, 3.63) is 17.1 Å². The Balaban J connectivity index is 1.69. The lowest BCUT2D eigenvalue weighted by molar-refractivity contribution is 0.0940. The monoisotopic (exact) mass is 300 g/mol. The molecule has 1 aromatic rings. The molecule has 0 aromatic carbocycles. The average Bonchev–Trinajstić information content (AvgIpc) is 3.10. The second kappa shape index (κ2) is 5.21. The molecule has 0 unspecified atom stereocenters. The fourth-order valence-corrected chi connectivity index (χ4v) is 4.29. The Bertz CT molecular complexity index is 613. The molecule has 1 aliphatic heterocycles. The van der Waals surface area contributed by atoms with E-state index in [4.69, 9.17) is 4.98 Å². The fourth-order valence-electron chi connectivity index (χ4n) is 4.29. The third-order valence-electron chi connectivity index (χ3n) is 5.48. The predicted molar refractivity (Wildman–Crippen MR) is 85.0 cm³/mol. The highest BCUT2D eigenvalue weighted by Gasteiger charge is 2.40. The molecular formula is C17H24N4O. The van der Waals surface area contributed by atoms with Crippen molar-refractivity contribution in [2.75, 3.05) is 11.9 Å². The lowest BCUT2D eigenvalue weighted by Crippen LogP contribution is -2.35. The van der Waals surface area contributed by atoms with Crippen LogP contribution in [0.25, 0.3) is 0 Å². The maximum Gasteiger partial charge on any atom is 0.270 e. The average molecular weight is 300 g/mol. The van der Waals surface area contributed by atoms with Crippen LogP contribution in [0.4, 0.5) is 5.82 Å². The quantitative estimate of drug-likeness (QED) is 0.900. The van der Waals surface area contributed by atoms with Gasteiger partial charge in [-0.15, -0.1) is 0 Å². The van der Waals surface area contributed by atoms with E-state index < -0.39 is 0 Å². The molecule has 2 heterocycles. The van der Waals surface area contributed by atoms with Gasteiger partial charge in [-0.1, -0.05) is 20.3 Å². The van der Waals surface area contributed by atoms with Crippen molar-refractivity contribution in [2.45, 2.75) is 57.9 Å². The van der Waals surface area contributed by atoms with Crippen molar-refractivity contribution >= 4 is 11.7 Å². The first kappa shape index (κ1) is 14.0. The van der Waals surface area contributed by atoms with Gasteiger partial charge in [-0.2, -0.15) is 0 Å². The predicted octanol–water partition coefficient (Wildman–Crippen LogP) is 2.49. The van der Waals surface area contributed by atoms with Crippen LogP contribution in [0.3, 0.4) is 0 Å². The lowest BCUT2D eigenvalue weighted by Gasteiger charge is -2.27. The van der Waals surface area contributed by atoms with Crippen molar-refractivity contribution in [2.24, 2.45) is 11.8 Å². The van der Waals surface area contributed by atoms with Gasteiger partial charge in [0.2, 0.25) is 0 Å². The summed E-state index contributed by atoms with van der Waals surface area (Å²) in [6.07, 6.45) is 6.18. The lowest BCUT2D eigenvalue weighted by atomic mass is 9.95. The van der Waals surface area contributed by atoms with E-state index >= 15 is 0 Å². The molecule has 2 N–H and O–H groups in total. The molecule has 22 heavy (non-hydrogen) atoms. The number of hydrogen-bond acceptors (Lipinski definition) is 4. The van der Waals surface area contributed by atoms with Crippen molar-refractivity contribution in [1.82, 2.24) is 15.3 Å². The van der Waals surface area contributed by atoms with E-state index in [0.717, 1.165) is 35.5 Å². The molecule has 2 saturated carbocycles.